The maximum absolute atomic E-state index is 2.33. The number of benzene rings is 3. The van der Waals surface area contributed by atoms with Crippen molar-refractivity contribution >= 4 is 23.3 Å². The van der Waals surface area contributed by atoms with Gasteiger partial charge in [0.1, 0.15) is 0 Å². The Kier molecular flexibility index (Phi) is 3.83. The highest BCUT2D eigenvalue weighted by Gasteiger charge is 2.22. The van der Waals surface area contributed by atoms with Gasteiger partial charge in [0.25, 0.3) is 0 Å². The normalized spacial score (nSPS) is 15.5. The molecule has 0 atom stereocenters. The molecule has 0 aromatic heterocycles. The minimum atomic E-state index is 1.15. The summed E-state index contributed by atoms with van der Waals surface area (Å²) >= 11 is 0. The van der Waals surface area contributed by atoms with E-state index < -0.39 is 0 Å². The predicted octanol–water partition coefficient (Wildman–Crippen LogP) is 6.86. The first-order valence-corrected chi connectivity index (χ1v) is 9.60. The zero-order valence-corrected chi connectivity index (χ0v) is 14.9. The van der Waals surface area contributed by atoms with E-state index in [9.17, 15) is 0 Å². The summed E-state index contributed by atoms with van der Waals surface area (Å²) in [5.41, 5.74) is 11.2. The molecule has 0 saturated carbocycles. The molecule has 0 amide bonds. The molecule has 0 spiro atoms. The zero-order chi connectivity index (χ0) is 17.3. The number of hydrogen-bond acceptors (Lipinski definition) is 0. The Morgan fingerprint density at radius 1 is 0.500 bits per heavy atom. The van der Waals surface area contributed by atoms with Crippen LogP contribution < -0.4 is 0 Å². The van der Waals surface area contributed by atoms with Crippen molar-refractivity contribution in [2.75, 3.05) is 0 Å². The van der Waals surface area contributed by atoms with Gasteiger partial charge < -0.3 is 0 Å². The van der Waals surface area contributed by atoms with Crippen molar-refractivity contribution < 1.29 is 0 Å². The van der Waals surface area contributed by atoms with Gasteiger partial charge in [0.05, 0.1) is 0 Å². The molecule has 126 valence electrons. The Balaban J connectivity index is 1.89. The van der Waals surface area contributed by atoms with Gasteiger partial charge >= 0.3 is 0 Å². The van der Waals surface area contributed by atoms with E-state index in [4.69, 9.17) is 0 Å². The lowest BCUT2D eigenvalue weighted by Crippen LogP contribution is -1.98. The maximum Gasteiger partial charge on any atom is -0.00612 e. The molecule has 0 fully saturated rings. The second-order valence-corrected chi connectivity index (χ2v) is 7.23. The number of hydrogen-bond donors (Lipinski definition) is 0. The first kappa shape index (κ1) is 15.4. The summed E-state index contributed by atoms with van der Waals surface area (Å²) in [7, 11) is 0. The zero-order valence-electron chi connectivity index (χ0n) is 14.9. The molecule has 0 bridgehead atoms. The summed E-state index contributed by atoms with van der Waals surface area (Å²) in [6, 6.07) is 26.7. The smallest absolute Gasteiger partial charge is 0.00612 e. The summed E-state index contributed by atoms with van der Waals surface area (Å²) in [6.07, 6.45) is 9.40. The molecular weight excluding hydrogens is 312 g/mol. The third-order valence-corrected chi connectivity index (χ3v) is 5.67. The van der Waals surface area contributed by atoms with E-state index in [2.05, 4.69) is 84.9 Å². The van der Waals surface area contributed by atoms with E-state index in [1.165, 1.54) is 63.8 Å². The molecule has 0 radical (unpaired) electrons. The molecule has 0 aliphatic heterocycles. The highest BCUT2D eigenvalue weighted by molar-refractivity contribution is 6.05. The molecule has 0 nitrogen and oxygen atoms in total. The number of allylic oxidation sites excluding steroid dienone is 1. The largest absolute Gasteiger partial charge is 0.0620 e. The van der Waals surface area contributed by atoms with Crippen LogP contribution in [0.15, 0.2) is 72.8 Å². The topological polar surface area (TPSA) is 0 Å². The van der Waals surface area contributed by atoms with Crippen LogP contribution in [0.4, 0.5) is 0 Å². The molecule has 0 N–H and O–H groups in total. The summed E-state index contributed by atoms with van der Waals surface area (Å²) < 4.78 is 0. The van der Waals surface area contributed by atoms with Crippen molar-refractivity contribution in [3.05, 3.63) is 106 Å². The molecule has 26 heavy (non-hydrogen) atoms. The molecule has 0 heteroatoms. The van der Waals surface area contributed by atoms with Crippen LogP contribution in [0.5, 0.6) is 0 Å². The van der Waals surface area contributed by atoms with Gasteiger partial charge in [-0.05, 0) is 70.2 Å². The van der Waals surface area contributed by atoms with E-state index in [1.807, 2.05) is 0 Å². The van der Waals surface area contributed by atoms with Crippen molar-refractivity contribution in [3.8, 4) is 0 Å². The van der Waals surface area contributed by atoms with Gasteiger partial charge in [-0.1, -0.05) is 84.9 Å². The fourth-order valence-electron chi connectivity index (χ4n) is 4.43. The van der Waals surface area contributed by atoms with Gasteiger partial charge in [0, 0.05) is 0 Å². The maximum atomic E-state index is 2.33. The number of fused-ring (bicyclic) bond motifs is 3. The van der Waals surface area contributed by atoms with Crippen LogP contribution in [0.3, 0.4) is 0 Å². The Hall–Kier alpha value is -2.86. The molecule has 3 aromatic rings. The summed E-state index contributed by atoms with van der Waals surface area (Å²) in [6.45, 7) is 0. The van der Waals surface area contributed by atoms with Gasteiger partial charge in [0.2, 0.25) is 0 Å². The molecule has 3 aromatic carbocycles. The minimum Gasteiger partial charge on any atom is -0.0620 e. The molecular formula is C26H22. The van der Waals surface area contributed by atoms with Crippen LogP contribution in [-0.4, -0.2) is 0 Å². The van der Waals surface area contributed by atoms with Gasteiger partial charge in [0.15, 0.2) is 0 Å². The third-order valence-electron chi connectivity index (χ3n) is 5.67. The molecule has 0 heterocycles. The average Bonchev–Trinajstić information content (AvgIpc) is 3.00. The Morgan fingerprint density at radius 2 is 1.04 bits per heavy atom. The van der Waals surface area contributed by atoms with Crippen molar-refractivity contribution in [1.82, 2.24) is 0 Å². The van der Waals surface area contributed by atoms with Gasteiger partial charge in [-0.15, -0.1) is 0 Å². The molecule has 0 saturated heterocycles. The van der Waals surface area contributed by atoms with Crippen LogP contribution in [0.1, 0.15) is 52.6 Å². The highest BCUT2D eigenvalue weighted by atomic mass is 14.3. The standard InChI is InChI=1S/C26H22/c1-5-13-22-19(9-1)10-4-8-16-25(22)26-23-14-6-2-11-20(23)17-18-21-12-3-7-15-24(21)26/h1-3,5-7,9,11-15,17-18H,4,8,10,16H2. The van der Waals surface area contributed by atoms with Crippen molar-refractivity contribution in [1.29, 1.82) is 0 Å². The van der Waals surface area contributed by atoms with Crippen molar-refractivity contribution in [3.63, 3.8) is 0 Å². The summed E-state index contributed by atoms with van der Waals surface area (Å²) in [5, 5.41) is 0. The average molecular weight is 334 g/mol. The first-order valence-electron chi connectivity index (χ1n) is 9.60. The second kappa shape index (κ2) is 6.46. The molecule has 2 aliphatic rings. The van der Waals surface area contributed by atoms with Crippen LogP contribution in [0.2, 0.25) is 0 Å². The third kappa shape index (κ3) is 2.54. The fraction of sp³-hybridized carbons (Fsp3) is 0.154. The van der Waals surface area contributed by atoms with Crippen LogP contribution >= 0.6 is 0 Å². The van der Waals surface area contributed by atoms with Crippen molar-refractivity contribution in [2.24, 2.45) is 0 Å². The lowest BCUT2D eigenvalue weighted by atomic mass is 9.85. The van der Waals surface area contributed by atoms with E-state index in [1.54, 1.807) is 0 Å². The molecule has 2 aliphatic carbocycles. The van der Waals surface area contributed by atoms with Crippen LogP contribution in [0.25, 0.3) is 23.3 Å². The van der Waals surface area contributed by atoms with Gasteiger partial charge in [-0.2, -0.15) is 0 Å². The molecule has 5 rings (SSSR count). The van der Waals surface area contributed by atoms with Crippen LogP contribution in [-0.2, 0) is 6.42 Å². The van der Waals surface area contributed by atoms with E-state index in [0.29, 0.717) is 0 Å². The summed E-state index contributed by atoms with van der Waals surface area (Å²) in [4.78, 5) is 0. The van der Waals surface area contributed by atoms with E-state index in [-0.39, 0.29) is 0 Å². The Labute approximate surface area is 155 Å². The lowest BCUT2D eigenvalue weighted by Gasteiger charge is -2.19. The Morgan fingerprint density at radius 3 is 1.73 bits per heavy atom. The first-order chi connectivity index (χ1) is 12.9. The molecule has 0 unspecified atom stereocenters. The SMILES string of the molecule is C1=Cc2ccccc2C(=C2CCCCc3ccccc32)c2ccccc21. The predicted molar refractivity (Wildman–Crippen MR) is 112 cm³/mol. The second-order valence-electron chi connectivity index (χ2n) is 7.23. The van der Waals surface area contributed by atoms with E-state index in [0.717, 1.165) is 6.42 Å². The number of rotatable bonds is 0. The monoisotopic (exact) mass is 334 g/mol. The Bertz CT molecular complexity index is 982. The minimum absolute atomic E-state index is 1.15. The fourth-order valence-corrected chi connectivity index (χ4v) is 4.43. The van der Waals surface area contributed by atoms with Gasteiger partial charge in [-0.3, -0.25) is 0 Å². The van der Waals surface area contributed by atoms with E-state index >= 15 is 0 Å². The highest BCUT2D eigenvalue weighted by Crippen LogP contribution is 2.42. The van der Waals surface area contributed by atoms with Gasteiger partial charge in [-0.25, -0.2) is 0 Å². The van der Waals surface area contributed by atoms with Crippen molar-refractivity contribution in [2.45, 2.75) is 25.7 Å². The van der Waals surface area contributed by atoms with Crippen LogP contribution in [0, 0.1) is 0 Å². The number of aryl methyl sites for hydroxylation is 1. The lowest BCUT2D eigenvalue weighted by molar-refractivity contribution is 0.771. The summed E-state index contributed by atoms with van der Waals surface area (Å²) in [5.74, 6) is 0. The quantitative estimate of drug-likeness (QED) is 0.308.